The standard InChI is InChI=1S/C6H12FN/c1-2-6-3-5(7)4-8-6/h5-6,8H,2-4H2,1H3/t5-,6+/m1/s1. The summed E-state index contributed by atoms with van der Waals surface area (Å²) < 4.78 is 12.3. The largest absolute Gasteiger partial charge is 0.311 e. The molecule has 0 spiro atoms. The molecule has 1 N–H and O–H groups in total. The Bertz CT molecular complexity index is 74.9. The Balaban J connectivity index is 2.22. The Morgan fingerprint density at radius 2 is 2.50 bits per heavy atom. The van der Waals surface area contributed by atoms with Gasteiger partial charge in [-0.15, -0.1) is 0 Å². The van der Waals surface area contributed by atoms with E-state index in [0.29, 0.717) is 12.6 Å². The van der Waals surface area contributed by atoms with Crippen LogP contribution >= 0.6 is 0 Å². The number of nitrogens with one attached hydrogen (secondary N) is 1. The predicted octanol–water partition coefficient (Wildman–Crippen LogP) is 1.10. The van der Waals surface area contributed by atoms with E-state index in [0.717, 1.165) is 12.8 Å². The van der Waals surface area contributed by atoms with Crippen LogP contribution in [0.15, 0.2) is 0 Å². The van der Waals surface area contributed by atoms with Crippen LogP contribution in [0, 0.1) is 0 Å². The molecule has 0 bridgehead atoms. The van der Waals surface area contributed by atoms with Crippen molar-refractivity contribution in [1.82, 2.24) is 5.32 Å². The number of hydrogen-bond acceptors (Lipinski definition) is 1. The molecule has 1 rings (SSSR count). The van der Waals surface area contributed by atoms with E-state index in [9.17, 15) is 4.39 Å². The van der Waals surface area contributed by atoms with Crippen LogP contribution in [0.3, 0.4) is 0 Å². The summed E-state index contributed by atoms with van der Waals surface area (Å²) in [5.74, 6) is 0. The van der Waals surface area contributed by atoms with Crippen LogP contribution in [0.1, 0.15) is 19.8 Å². The second kappa shape index (κ2) is 2.44. The van der Waals surface area contributed by atoms with Crippen molar-refractivity contribution in [2.75, 3.05) is 6.54 Å². The molecule has 8 heavy (non-hydrogen) atoms. The average Bonchev–Trinajstić information content (AvgIpc) is 2.14. The maximum absolute atomic E-state index is 12.3. The molecule has 0 aromatic carbocycles. The van der Waals surface area contributed by atoms with Crippen molar-refractivity contribution >= 4 is 0 Å². The van der Waals surface area contributed by atoms with Gasteiger partial charge in [-0.25, -0.2) is 4.39 Å². The summed E-state index contributed by atoms with van der Waals surface area (Å²) in [6, 6.07) is 0.449. The molecule has 48 valence electrons. The van der Waals surface area contributed by atoms with Crippen molar-refractivity contribution in [1.29, 1.82) is 0 Å². The molecule has 1 saturated heterocycles. The van der Waals surface area contributed by atoms with Crippen LogP contribution in [0.5, 0.6) is 0 Å². The topological polar surface area (TPSA) is 12.0 Å². The zero-order valence-electron chi connectivity index (χ0n) is 5.15. The third-order valence-corrected chi connectivity index (χ3v) is 1.66. The predicted molar refractivity (Wildman–Crippen MR) is 31.6 cm³/mol. The molecule has 2 heteroatoms. The van der Waals surface area contributed by atoms with E-state index in [1.54, 1.807) is 0 Å². The quantitative estimate of drug-likeness (QED) is 0.542. The zero-order valence-corrected chi connectivity index (χ0v) is 5.15. The number of alkyl halides is 1. The van der Waals surface area contributed by atoms with Gasteiger partial charge in [-0.2, -0.15) is 0 Å². The Hall–Kier alpha value is -0.110. The molecule has 0 radical (unpaired) electrons. The van der Waals surface area contributed by atoms with Gasteiger partial charge < -0.3 is 5.32 Å². The number of rotatable bonds is 1. The van der Waals surface area contributed by atoms with Crippen LogP contribution in [0.25, 0.3) is 0 Å². The maximum Gasteiger partial charge on any atom is 0.114 e. The molecule has 1 nitrogen and oxygen atoms in total. The number of hydrogen-bond donors (Lipinski definition) is 1. The molecule has 0 aromatic rings. The zero-order chi connectivity index (χ0) is 5.98. The van der Waals surface area contributed by atoms with E-state index in [2.05, 4.69) is 12.2 Å². The van der Waals surface area contributed by atoms with Crippen molar-refractivity contribution in [2.45, 2.75) is 32.0 Å². The summed E-state index contributed by atoms with van der Waals surface area (Å²) in [5, 5.41) is 3.08. The van der Waals surface area contributed by atoms with Gasteiger partial charge >= 0.3 is 0 Å². The van der Waals surface area contributed by atoms with Crippen LogP contribution < -0.4 is 5.32 Å². The Kier molecular flexibility index (Phi) is 1.84. The van der Waals surface area contributed by atoms with E-state index in [1.165, 1.54) is 0 Å². The second-order valence-corrected chi connectivity index (χ2v) is 2.35. The van der Waals surface area contributed by atoms with Gasteiger partial charge in [0, 0.05) is 12.6 Å². The first kappa shape index (κ1) is 6.02. The highest BCUT2D eigenvalue weighted by atomic mass is 19.1. The van der Waals surface area contributed by atoms with E-state index in [4.69, 9.17) is 0 Å². The highest BCUT2D eigenvalue weighted by Crippen LogP contribution is 2.11. The molecule has 0 amide bonds. The highest BCUT2D eigenvalue weighted by Gasteiger charge is 2.20. The first-order valence-electron chi connectivity index (χ1n) is 3.20. The molecular formula is C6H12FN. The van der Waals surface area contributed by atoms with Gasteiger partial charge in [0.05, 0.1) is 0 Å². The van der Waals surface area contributed by atoms with Crippen molar-refractivity contribution in [3.05, 3.63) is 0 Å². The van der Waals surface area contributed by atoms with Crippen LogP contribution in [0.2, 0.25) is 0 Å². The minimum absolute atomic E-state index is 0.449. The summed E-state index contributed by atoms with van der Waals surface area (Å²) in [4.78, 5) is 0. The Labute approximate surface area is 49.3 Å². The first-order valence-corrected chi connectivity index (χ1v) is 3.20. The fraction of sp³-hybridized carbons (Fsp3) is 1.00. The van der Waals surface area contributed by atoms with Crippen molar-refractivity contribution in [3.63, 3.8) is 0 Å². The second-order valence-electron chi connectivity index (χ2n) is 2.35. The molecule has 0 unspecified atom stereocenters. The fourth-order valence-corrected chi connectivity index (χ4v) is 1.08. The van der Waals surface area contributed by atoms with Crippen molar-refractivity contribution < 1.29 is 4.39 Å². The fourth-order valence-electron chi connectivity index (χ4n) is 1.08. The first-order chi connectivity index (χ1) is 3.83. The Morgan fingerprint density at radius 3 is 2.75 bits per heavy atom. The van der Waals surface area contributed by atoms with Crippen LogP contribution in [-0.4, -0.2) is 18.8 Å². The summed E-state index contributed by atoms with van der Waals surface area (Å²) in [7, 11) is 0. The van der Waals surface area contributed by atoms with Crippen molar-refractivity contribution in [3.8, 4) is 0 Å². The van der Waals surface area contributed by atoms with Gasteiger partial charge in [0.2, 0.25) is 0 Å². The van der Waals surface area contributed by atoms with Crippen molar-refractivity contribution in [2.24, 2.45) is 0 Å². The Morgan fingerprint density at radius 1 is 1.75 bits per heavy atom. The van der Waals surface area contributed by atoms with Gasteiger partial charge in [-0.1, -0.05) is 6.92 Å². The minimum atomic E-state index is -0.583. The maximum atomic E-state index is 12.3. The summed E-state index contributed by atoms with van der Waals surface area (Å²) in [6.45, 7) is 2.65. The van der Waals surface area contributed by atoms with E-state index in [-0.39, 0.29) is 0 Å². The van der Waals surface area contributed by atoms with Crippen LogP contribution in [-0.2, 0) is 0 Å². The third kappa shape index (κ3) is 1.19. The number of halogens is 1. The molecule has 1 aliphatic heterocycles. The average molecular weight is 117 g/mol. The molecule has 1 fully saturated rings. The van der Waals surface area contributed by atoms with Gasteiger partial charge in [0.1, 0.15) is 6.17 Å². The molecule has 0 saturated carbocycles. The summed E-state index contributed by atoms with van der Waals surface area (Å²) in [6.07, 6.45) is 1.19. The van der Waals surface area contributed by atoms with Gasteiger partial charge in [0.15, 0.2) is 0 Å². The lowest BCUT2D eigenvalue weighted by molar-refractivity contribution is 0.354. The monoisotopic (exact) mass is 117 g/mol. The van der Waals surface area contributed by atoms with E-state index >= 15 is 0 Å². The highest BCUT2D eigenvalue weighted by molar-refractivity contribution is 4.79. The molecule has 0 aromatic heterocycles. The van der Waals surface area contributed by atoms with E-state index in [1.807, 2.05) is 0 Å². The lowest BCUT2D eigenvalue weighted by Crippen LogP contribution is -2.19. The van der Waals surface area contributed by atoms with Gasteiger partial charge in [-0.05, 0) is 12.8 Å². The lowest BCUT2D eigenvalue weighted by Gasteiger charge is -2.02. The molecular weight excluding hydrogens is 105 g/mol. The smallest absolute Gasteiger partial charge is 0.114 e. The normalized spacial score (nSPS) is 38.2. The molecule has 0 aliphatic carbocycles. The van der Waals surface area contributed by atoms with Gasteiger partial charge in [0.25, 0.3) is 0 Å². The summed E-state index contributed by atoms with van der Waals surface area (Å²) >= 11 is 0. The van der Waals surface area contributed by atoms with E-state index < -0.39 is 6.17 Å². The lowest BCUT2D eigenvalue weighted by atomic mass is 10.2. The van der Waals surface area contributed by atoms with Gasteiger partial charge in [-0.3, -0.25) is 0 Å². The minimum Gasteiger partial charge on any atom is -0.311 e. The molecule has 2 atom stereocenters. The third-order valence-electron chi connectivity index (χ3n) is 1.66. The van der Waals surface area contributed by atoms with Crippen LogP contribution in [0.4, 0.5) is 4.39 Å². The molecule has 1 aliphatic rings. The molecule has 1 heterocycles. The SMILES string of the molecule is CC[C@H]1C[C@@H](F)CN1. The summed E-state index contributed by atoms with van der Waals surface area (Å²) in [5.41, 5.74) is 0.